The Labute approximate surface area is 144 Å². The van der Waals surface area contributed by atoms with Crippen LogP contribution in [-0.2, 0) is 11.3 Å². The third kappa shape index (κ3) is 4.87. The molecule has 0 bridgehead atoms. The van der Waals surface area contributed by atoms with Gasteiger partial charge >= 0.3 is 0 Å². The number of nitro groups is 1. The Morgan fingerprint density at radius 2 is 2.08 bits per heavy atom. The maximum absolute atomic E-state index is 13.7. The van der Waals surface area contributed by atoms with Crippen molar-refractivity contribution in [2.24, 2.45) is 0 Å². The van der Waals surface area contributed by atoms with Crippen LogP contribution in [0.1, 0.15) is 11.1 Å². The Hall–Kier alpha value is -3.22. The summed E-state index contributed by atoms with van der Waals surface area (Å²) < 4.78 is 18.5. The SMILES string of the molecule is COc1ccc(CN(C)C(=O)/C=C/c2cccc([N+](=O)[O-])c2)cc1F. The number of hydrogen-bond acceptors (Lipinski definition) is 4. The Bertz CT molecular complexity index is 820. The Kier molecular flexibility index (Phi) is 5.84. The fourth-order valence-corrected chi connectivity index (χ4v) is 2.20. The van der Waals surface area contributed by atoms with E-state index >= 15 is 0 Å². The van der Waals surface area contributed by atoms with Gasteiger partial charge in [0, 0.05) is 31.8 Å². The van der Waals surface area contributed by atoms with E-state index in [1.165, 1.54) is 48.4 Å². The number of nitrogens with zero attached hydrogens (tertiary/aromatic N) is 2. The molecule has 0 aliphatic heterocycles. The Balaban J connectivity index is 2.03. The van der Waals surface area contributed by atoms with E-state index < -0.39 is 10.7 Å². The second-order valence-electron chi connectivity index (χ2n) is 5.35. The highest BCUT2D eigenvalue weighted by atomic mass is 19.1. The molecule has 0 aliphatic carbocycles. The largest absolute Gasteiger partial charge is 0.494 e. The van der Waals surface area contributed by atoms with Crippen molar-refractivity contribution in [1.82, 2.24) is 4.90 Å². The molecule has 0 N–H and O–H groups in total. The van der Waals surface area contributed by atoms with Crippen molar-refractivity contribution in [2.75, 3.05) is 14.2 Å². The van der Waals surface area contributed by atoms with Crippen molar-refractivity contribution in [3.8, 4) is 5.75 Å². The van der Waals surface area contributed by atoms with Gasteiger partial charge in [-0.3, -0.25) is 14.9 Å². The lowest BCUT2D eigenvalue weighted by atomic mass is 10.1. The number of hydrogen-bond donors (Lipinski definition) is 0. The smallest absolute Gasteiger partial charge is 0.270 e. The van der Waals surface area contributed by atoms with Crippen LogP contribution in [0, 0.1) is 15.9 Å². The molecule has 0 radical (unpaired) electrons. The van der Waals surface area contributed by atoms with E-state index in [1.54, 1.807) is 25.2 Å². The lowest BCUT2D eigenvalue weighted by Crippen LogP contribution is -2.24. The van der Waals surface area contributed by atoms with E-state index in [9.17, 15) is 19.3 Å². The van der Waals surface area contributed by atoms with E-state index in [4.69, 9.17) is 4.74 Å². The van der Waals surface area contributed by atoms with Gasteiger partial charge in [0.25, 0.3) is 5.69 Å². The van der Waals surface area contributed by atoms with Crippen LogP contribution in [0.15, 0.2) is 48.5 Å². The van der Waals surface area contributed by atoms with Crippen molar-refractivity contribution < 1.29 is 18.8 Å². The quantitative estimate of drug-likeness (QED) is 0.457. The molecule has 130 valence electrons. The normalized spacial score (nSPS) is 10.7. The molecule has 0 fully saturated rings. The Morgan fingerprint density at radius 3 is 2.72 bits per heavy atom. The molecule has 7 heteroatoms. The minimum atomic E-state index is -0.497. The van der Waals surface area contributed by atoms with Crippen LogP contribution in [0.5, 0.6) is 5.75 Å². The van der Waals surface area contributed by atoms with Crippen molar-refractivity contribution in [1.29, 1.82) is 0 Å². The summed E-state index contributed by atoms with van der Waals surface area (Å²) in [6.07, 6.45) is 2.82. The molecule has 1 amide bonds. The minimum absolute atomic E-state index is 0.0448. The van der Waals surface area contributed by atoms with Gasteiger partial charge in [0.05, 0.1) is 12.0 Å². The molecule has 2 aromatic carbocycles. The first-order valence-corrected chi connectivity index (χ1v) is 7.40. The molecule has 0 aromatic heterocycles. The lowest BCUT2D eigenvalue weighted by molar-refractivity contribution is -0.384. The lowest BCUT2D eigenvalue weighted by Gasteiger charge is -2.15. The third-order valence-corrected chi connectivity index (χ3v) is 3.51. The minimum Gasteiger partial charge on any atom is -0.494 e. The number of carbonyl (C=O) groups excluding carboxylic acids is 1. The molecule has 0 unspecified atom stereocenters. The first-order valence-electron chi connectivity index (χ1n) is 7.40. The summed E-state index contributed by atoms with van der Waals surface area (Å²) in [6, 6.07) is 10.5. The van der Waals surface area contributed by atoms with E-state index in [-0.39, 0.29) is 23.9 Å². The van der Waals surface area contributed by atoms with E-state index in [2.05, 4.69) is 0 Å². The molecular formula is C18H17FN2O4. The predicted molar refractivity (Wildman–Crippen MR) is 91.6 cm³/mol. The van der Waals surface area contributed by atoms with Crippen LogP contribution in [-0.4, -0.2) is 29.9 Å². The summed E-state index contributed by atoms with van der Waals surface area (Å²) in [4.78, 5) is 23.8. The molecule has 2 rings (SSSR count). The van der Waals surface area contributed by atoms with Gasteiger partial charge in [0.2, 0.25) is 5.91 Å². The number of non-ortho nitro benzene ring substituents is 1. The number of likely N-dealkylation sites (N-methyl/N-ethyl adjacent to an activating group) is 1. The Morgan fingerprint density at radius 1 is 1.32 bits per heavy atom. The first-order chi connectivity index (χ1) is 11.9. The number of halogens is 1. The van der Waals surface area contributed by atoms with Gasteiger partial charge in [-0.25, -0.2) is 4.39 Å². The van der Waals surface area contributed by atoms with Crippen molar-refractivity contribution in [3.63, 3.8) is 0 Å². The van der Waals surface area contributed by atoms with Gasteiger partial charge in [-0.15, -0.1) is 0 Å². The molecule has 0 spiro atoms. The topological polar surface area (TPSA) is 72.7 Å². The maximum Gasteiger partial charge on any atom is 0.270 e. The molecule has 0 saturated heterocycles. The third-order valence-electron chi connectivity index (χ3n) is 3.51. The summed E-state index contributed by atoms with van der Waals surface area (Å²) in [5.74, 6) is -0.654. The molecule has 0 atom stereocenters. The molecule has 0 heterocycles. The van der Waals surface area contributed by atoms with Crippen LogP contribution < -0.4 is 4.74 Å². The van der Waals surface area contributed by atoms with Crippen molar-refractivity contribution in [2.45, 2.75) is 6.54 Å². The summed E-state index contributed by atoms with van der Waals surface area (Å²) >= 11 is 0. The van der Waals surface area contributed by atoms with Crippen molar-refractivity contribution in [3.05, 3.63) is 75.6 Å². The van der Waals surface area contributed by atoms with E-state index in [0.717, 1.165) is 0 Å². The second kappa shape index (κ2) is 8.05. The molecular weight excluding hydrogens is 327 g/mol. The van der Waals surface area contributed by atoms with Gasteiger partial charge < -0.3 is 9.64 Å². The van der Waals surface area contributed by atoms with Gasteiger partial charge in [0.15, 0.2) is 11.6 Å². The van der Waals surface area contributed by atoms with Crippen LogP contribution in [0.4, 0.5) is 10.1 Å². The van der Waals surface area contributed by atoms with Gasteiger partial charge in [-0.05, 0) is 29.3 Å². The summed E-state index contributed by atoms with van der Waals surface area (Å²) in [7, 11) is 2.97. The molecule has 0 aliphatic rings. The maximum atomic E-state index is 13.7. The average molecular weight is 344 g/mol. The fourth-order valence-electron chi connectivity index (χ4n) is 2.20. The van der Waals surface area contributed by atoms with E-state index in [0.29, 0.717) is 11.1 Å². The molecule has 25 heavy (non-hydrogen) atoms. The van der Waals surface area contributed by atoms with Crippen LogP contribution >= 0.6 is 0 Å². The standard InChI is InChI=1S/C18H17FN2O4/c1-20(12-14-6-8-17(25-2)16(19)11-14)18(22)9-7-13-4-3-5-15(10-13)21(23)24/h3-11H,12H2,1-2H3/b9-7+. The zero-order valence-electron chi connectivity index (χ0n) is 13.8. The second-order valence-corrected chi connectivity index (χ2v) is 5.35. The first kappa shape index (κ1) is 18.1. The van der Waals surface area contributed by atoms with Gasteiger partial charge in [-0.1, -0.05) is 18.2 Å². The highest BCUT2D eigenvalue weighted by Gasteiger charge is 2.09. The summed E-state index contributed by atoms with van der Waals surface area (Å²) in [5, 5.41) is 10.7. The summed E-state index contributed by atoms with van der Waals surface area (Å²) in [6.45, 7) is 0.221. The van der Waals surface area contributed by atoms with Crippen LogP contribution in [0.2, 0.25) is 0 Å². The van der Waals surface area contributed by atoms with Gasteiger partial charge in [0.1, 0.15) is 0 Å². The average Bonchev–Trinajstić information content (AvgIpc) is 2.60. The number of methoxy groups -OCH3 is 1. The highest BCUT2D eigenvalue weighted by Crippen LogP contribution is 2.19. The number of benzene rings is 2. The number of carbonyl (C=O) groups is 1. The van der Waals surface area contributed by atoms with Crippen LogP contribution in [0.3, 0.4) is 0 Å². The predicted octanol–water partition coefficient (Wildman–Crippen LogP) is 3.41. The molecule has 6 nitrogen and oxygen atoms in total. The van der Waals surface area contributed by atoms with Gasteiger partial charge in [-0.2, -0.15) is 0 Å². The number of nitro benzene ring substituents is 1. The summed E-state index contributed by atoms with van der Waals surface area (Å²) in [5.41, 5.74) is 1.13. The van der Waals surface area contributed by atoms with Crippen molar-refractivity contribution >= 4 is 17.7 Å². The fraction of sp³-hybridized carbons (Fsp3) is 0.167. The van der Waals surface area contributed by atoms with E-state index in [1.807, 2.05) is 0 Å². The zero-order valence-corrected chi connectivity index (χ0v) is 13.8. The zero-order chi connectivity index (χ0) is 18.4. The molecule has 0 saturated carbocycles. The van der Waals surface area contributed by atoms with Crippen LogP contribution in [0.25, 0.3) is 6.08 Å². The number of amides is 1. The highest BCUT2D eigenvalue weighted by molar-refractivity contribution is 5.91. The number of rotatable bonds is 6. The number of ether oxygens (including phenoxy) is 1. The monoisotopic (exact) mass is 344 g/mol. The molecule has 2 aromatic rings.